The zero-order valence-electron chi connectivity index (χ0n) is 9.16. The molecular formula is C12H17SSe-. The molecule has 0 atom stereocenters. The molecule has 0 saturated heterocycles. The van der Waals surface area contributed by atoms with Gasteiger partial charge in [0.25, 0.3) is 0 Å². The van der Waals surface area contributed by atoms with Gasteiger partial charge >= 0.3 is 101 Å². The number of benzene rings is 1. The molecule has 0 N–H and O–H groups in total. The van der Waals surface area contributed by atoms with Crippen LogP contribution in [0.25, 0.3) is 0 Å². The van der Waals surface area contributed by atoms with Crippen molar-refractivity contribution in [3.63, 3.8) is 0 Å². The summed E-state index contributed by atoms with van der Waals surface area (Å²) in [6.07, 6.45) is 0. The maximum absolute atomic E-state index is 4.58. The van der Waals surface area contributed by atoms with Crippen molar-refractivity contribution in [2.75, 3.05) is 0 Å². The third-order valence-corrected chi connectivity index (χ3v) is 4.18. The van der Waals surface area contributed by atoms with Gasteiger partial charge in [0.05, 0.1) is 0 Å². The van der Waals surface area contributed by atoms with Gasteiger partial charge in [-0.25, -0.2) is 0 Å². The molecule has 0 radical (unpaired) electrons. The zero-order chi connectivity index (χ0) is 10.9. The Kier molecular flexibility index (Phi) is 4.12. The molecule has 0 aliphatic heterocycles. The average Bonchev–Trinajstić information content (AvgIpc) is 2.08. The summed E-state index contributed by atoms with van der Waals surface area (Å²) in [5, 5.41) is 0. The van der Waals surface area contributed by atoms with Gasteiger partial charge in [0.1, 0.15) is 0 Å². The Balaban J connectivity index is 3.26. The molecule has 0 nitrogen and oxygen atoms in total. The van der Waals surface area contributed by atoms with Crippen molar-refractivity contribution in [3.05, 3.63) is 23.3 Å². The van der Waals surface area contributed by atoms with E-state index < -0.39 is 0 Å². The molecule has 1 rings (SSSR count). The summed E-state index contributed by atoms with van der Waals surface area (Å²) in [7, 11) is 0. The fourth-order valence-electron chi connectivity index (χ4n) is 1.52. The van der Waals surface area contributed by atoms with E-state index in [4.69, 9.17) is 0 Å². The van der Waals surface area contributed by atoms with Crippen LogP contribution < -0.4 is 4.46 Å². The van der Waals surface area contributed by atoms with E-state index >= 15 is 0 Å². The summed E-state index contributed by atoms with van der Waals surface area (Å²) in [5.41, 5.74) is 2.69. The minimum absolute atomic E-state index is 0.538. The van der Waals surface area contributed by atoms with Crippen LogP contribution in [0.4, 0.5) is 0 Å². The first-order valence-corrected chi connectivity index (χ1v) is 6.28. The molecule has 1 aromatic carbocycles. The summed E-state index contributed by atoms with van der Waals surface area (Å²) in [6, 6.07) is 4.41. The Labute approximate surface area is 101 Å². The number of rotatable bonds is 2. The quantitative estimate of drug-likeness (QED) is 0.621. The molecule has 0 aromatic heterocycles. The number of thiol groups is 1. The second-order valence-electron chi connectivity index (χ2n) is 4.23. The molecule has 0 bridgehead atoms. The van der Waals surface area contributed by atoms with Crippen molar-refractivity contribution in [1.29, 1.82) is 0 Å². The summed E-state index contributed by atoms with van der Waals surface area (Å²) in [4.78, 5) is 1.12. The van der Waals surface area contributed by atoms with Crippen LogP contribution in [0.5, 0.6) is 0 Å². The van der Waals surface area contributed by atoms with Gasteiger partial charge in [0.2, 0.25) is 0 Å². The normalized spacial score (nSPS) is 11.4. The molecular weight excluding hydrogens is 255 g/mol. The Morgan fingerprint density at radius 1 is 1.00 bits per heavy atom. The van der Waals surface area contributed by atoms with Gasteiger partial charge in [0, 0.05) is 0 Å². The van der Waals surface area contributed by atoms with E-state index in [0.717, 1.165) is 4.90 Å². The van der Waals surface area contributed by atoms with Gasteiger partial charge in [-0.3, -0.25) is 0 Å². The van der Waals surface area contributed by atoms with E-state index in [1.807, 2.05) is 0 Å². The zero-order valence-corrected chi connectivity index (χ0v) is 11.8. The molecule has 0 amide bonds. The molecule has 0 aliphatic carbocycles. The maximum atomic E-state index is 4.58. The molecule has 0 unspecified atom stereocenters. The van der Waals surface area contributed by atoms with E-state index in [-0.39, 0.29) is 0 Å². The van der Waals surface area contributed by atoms with Crippen molar-refractivity contribution in [3.8, 4) is 0 Å². The van der Waals surface area contributed by atoms with Crippen molar-refractivity contribution < 1.29 is 0 Å². The molecule has 0 heterocycles. The predicted octanol–water partition coefficient (Wildman–Crippen LogP) is 3.02. The Morgan fingerprint density at radius 3 is 1.86 bits per heavy atom. The van der Waals surface area contributed by atoms with Crippen molar-refractivity contribution >= 4 is 33.1 Å². The second-order valence-corrected chi connectivity index (χ2v) is 5.53. The summed E-state index contributed by atoms with van der Waals surface area (Å²) in [5.74, 6) is 1.09. The van der Waals surface area contributed by atoms with Crippen LogP contribution in [0, 0.1) is 0 Å². The van der Waals surface area contributed by atoms with Crippen LogP contribution in [0.2, 0.25) is 0 Å². The van der Waals surface area contributed by atoms with Gasteiger partial charge < -0.3 is 0 Å². The first-order chi connectivity index (χ1) is 6.45. The van der Waals surface area contributed by atoms with Gasteiger partial charge in [-0.2, -0.15) is 0 Å². The molecule has 0 saturated carbocycles. The van der Waals surface area contributed by atoms with Gasteiger partial charge in [-0.1, -0.05) is 0 Å². The van der Waals surface area contributed by atoms with Crippen molar-refractivity contribution in [1.82, 2.24) is 0 Å². The van der Waals surface area contributed by atoms with E-state index in [9.17, 15) is 0 Å². The average molecular weight is 272 g/mol. The minimum atomic E-state index is 0.538. The predicted molar refractivity (Wildman–Crippen MR) is 67.3 cm³/mol. The first kappa shape index (κ1) is 12.2. The molecule has 78 valence electrons. The second kappa shape index (κ2) is 4.74. The molecule has 0 aliphatic rings. The van der Waals surface area contributed by atoms with Gasteiger partial charge in [-0.15, -0.1) is 0 Å². The van der Waals surface area contributed by atoms with E-state index in [1.165, 1.54) is 15.6 Å². The molecule has 1 aromatic rings. The van der Waals surface area contributed by atoms with E-state index in [1.54, 1.807) is 0 Å². The number of hydrogen-bond donors (Lipinski definition) is 1. The van der Waals surface area contributed by atoms with E-state index in [2.05, 4.69) is 68.5 Å². The van der Waals surface area contributed by atoms with Crippen LogP contribution in [-0.2, 0) is 0 Å². The Bertz CT molecular complexity index is 296. The van der Waals surface area contributed by atoms with Crippen LogP contribution in [-0.4, -0.2) is 16.0 Å². The molecule has 0 fully saturated rings. The van der Waals surface area contributed by atoms with Crippen LogP contribution >= 0.6 is 12.6 Å². The Hall–Kier alpha value is 0.0895. The van der Waals surface area contributed by atoms with Gasteiger partial charge in [0.15, 0.2) is 0 Å². The monoisotopic (exact) mass is 273 g/mol. The van der Waals surface area contributed by atoms with Crippen molar-refractivity contribution in [2.45, 2.75) is 44.4 Å². The number of hydrogen-bond acceptors (Lipinski definition) is 1. The molecule has 0 spiro atoms. The van der Waals surface area contributed by atoms with Crippen molar-refractivity contribution in [2.24, 2.45) is 0 Å². The van der Waals surface area contributed by atoms with Gasteiger partial charge in [-0.05, 0) is 0 Å². The van der Waals surface area contributed by atoms with Crippen LogP contribution in [0.3, 0.4) is 0 Å². The topological polar surface area (TPSA) is 0 Å². The fourth-order valence-corrected chi connectivity index (χ4v) is 2.87. The van der Waals surface area contributed by atoms with Crippen LogP contribution in [0.1, 0.15) is 50.7 Å². The summed E-state index contributed by atoms with van der Waals surface area (Å²) < 4.78 is 1.22. The Morgan fingerprint density at radius 2 is 1.43 bits per heavy atom. The fraction of sp³-hybridized carbons (Fsp3) is 0.500. The summed E-state index contributed by atoms with van der Waals surface area (Å²) >= 11 is 7.72. The van der Waals surface area contributed by atoms with Crippen LogP contribution in [0.15, 0.2) is 17.0 Å². The third kappa shape index (κ3) is 2.36. The molecule has 2 heteroatoms. The standard InChI is InChI=1S/C12H18SSe/c1-7(2)9-5-6-10(8(3)4)12(14)11(9)13/h5-8,13-14H,1-4H3/p-1. The SMILES string of the molecule is CC(C)c1ccc(C(C)C)c([Se-])c1S. The molecule has 14 heavy (non-hydrogen) atoms. The first-order valence-electron chi connectivity index (χ1n) is 4.98. The summed E-state index contributed by atoms with van der Waals surface area (Å²) in [6.45, 7) is 8.81. The van der Waals surface area contributed by atoms with E-state index in [0.29, 0.717) is 11.8 Å². The third-order valence-electron chi connectivity index (χ3n) is 2.44.